The molecule has 0 fully saturated rings. The zero-order chi connectivity index (χ0) is 11.8. The molecule has 1 aromatic heterocycles. The number of nitrogens with zero attached hydrogens (tertiary/aromatic N) is 1. The third kappa shape index (κ3) is 5.81. The second kappa shape index (κ2) is 7.34. The highest BCUT2D eigenvalue weighted by molar-refractivity contribution is 5.18. The second-order valence-electron chi connectivity index (χ2n) is 2.90. The van der Waals surface area contributed by atoms with Gasteiger partial charge in [0.05, 0.1) is 0 Å². The number of H-pyrrole nitrogens is 1. The van der Waals surface area contributed by atoms with E-state index < -0.39 is 21.1 Å². The first-order valence-corrected chi connectivity index (χ1v) is 7.18. The lowest BCUT2D eigenvalue weighted by Crippen LogP contribution is -3.98. The number of hydrogen-bond acceptors (Lipinski definition) is 4. The highest BCUT2D eigenvalue weighted by Gasteiger charge is 1.95. The first-order chi connectivity index (χ1) is 7.68. The summed E-state index contributed by atoms with van der Waals surface area (Å²) in [5.41, 5.74) is 1.28. The number of halogens is 1. The molecular formula is C10H11IN2O3. The molecule has 2 aromatic rings. The van der Waals surface area contributed by atoms with Gasteiger partial charge in [0, 0.05) is 18.8 Å². The van der Waals surface area contributed by atoms with Gasteiger partial charge in [-0.15, -0.1) is 0 Å². The molecule has 16 heavy (non-hydrogen) atoms. The van der Waals surface area contributed by atoms with Crippen molar-refractivity contribution >= 4 is 0 Å². The van der Waals surface area contributed by atoms with E-state index in [0.29, 0.717) is 0 Å². The Bertz CT molecular complexity index is 375. The topological polar surface area (TPSA) is 95.0 Å². The number of aromatic amines is 1. The predicted octanol–water partition coefficient (Wildman–Crippen LogP) is -3.93. The maximum Gasteiger partial charge on any atom is 0.503 e. The Balaban J connectivity index is 0.000000280. The fraction of sp³-hybridized carbons (Fsp3) is 0.100. The van der Waals surface area contributed by atoms with E-state index in [0.717, 1.165) is 12.2 Å². The summed E-state index contributed by atoms with van der Waals surface area (Å²) in [6, 6.07) is 10.3. The summed E-state index contributed by atoms with van der Waals surface area (Å²) in [5, 5.41) is 0. The van der Waals surface area contributed by atoms with E-state index >= 15 is 0 Å². The summed E-state index contributed by atoms with van der Waals surface area (Å²) in [4.78, 5) is 7.23. The number of aromatic nitrogens is 2. The molecule has 0 saturated heterocycles. The maximum absolute atomic E-state index is 8.68. The lowest BCUT2D eigenvalue weighted by atomic mass is 10.1. The average molecular weight is 334 g/mol. The summed E-state index contributed by atoms with van der Waals surface area (Å²) < 4.78 is 24.5. The van der Waals surface area contributed by atoms with E-state index in [1.54, 1.807) is 6.20 Å². The van der Waals surface area contributed by atoms with Crippen molar-refractivity contribution in [1.29, 1.82) is 0 Å². The van der Waals surface area contributed by atoms with Crippen molar-refractivity contribution < 1.29 is 31.4 Å². The molecule has 86 valence electrons. The van der Waals surface area contributed by atoms with Crippen LogP contribution in [-0.4, -0.2) is 13.4 Å². The Hall–Kier alpha value is -0.960. The van der Waals surface area contributed by atoms with Crippen LogP contribution < -0.4 is 27.9 Å². The molecule has 0 unspecified atom stereocenters. The largest absolute Gasteiger partial charge is 0.503 e. The molecule has 0 spiro atoms. The molecule has 6 heteroatoms. The number of hydrogen-bond donors (Lipinski definition) is 2. The lowest BCUT2D eigenvalue weighted by molar-refractivity contribution is -1.63. The molecule has 0 saturated carbocycles. The van der Waals surface area contributed by atoms with Gasteiger partial charge in [-0.1, -0.05) is 30.3 Å². The molecule has 0 atom stereocenters. The Morgan fingerprint density at radius 1 is 1.25 bits per heavy atom. The third-order valence-corrected chi connectivity index (χ3v) is 1.77. The highest BCUT2D eigenvalue weighted by Crippen LogP contribution is 2.03. The van der Waals surface area contributed by atoms with Crippen molar-refractivity contribution in [1.82, 2.24) is 9.97 Å². The minimum atomic E-state index is -3.76. The zero-order valence-corrected chi connectivity index (χ0v) is 10.5. The summed E-state index contributed by atoms with van der Waals surface area (Å²) in [6.45, 7) is 0. The molecule has 2 rings (SSSR count). The van der Waals surface area contributed by atoms with Crippen molar-refractivity contribution in [2.45, 2.75) is 6.42 Å². The molecule has 5 nitrogen and oxygen atoms in total. The molecule has 0 aliphatic rings. The zero-order valence-electron chi connectivity index (χ0n) is 8.34. The van der Waals surface area contributed by atoms with Crippen molar-refractivity contribution in [3.63, 3.8) is 0 Å². The van der Waals surface area contributed by atoms with Gasteiger partial charge in [0.2, 0.25) is 0 Å². The van der Waals surface area contributed by atoms with Gasteiger partial charge >= 0.3 is 21.1 Å². The van der Waals surface area contributed by atoms with Crippen LogP contribution in [-0.2, 0) is 6.42 Å². The van der Waals surface area contributed by atoms with E-state index in [1.807, 2.05) is 24.4 Å². The summed E-state index contributed by atoms with van der Waals surface area (Å²) in [5.74, 6) is 1.02. The van der Waals surface area contributed by atoms with Gasteiger partial charge in [-0.2, -0.15) is 0 Å². The van der Waals surface area contributed by atoms with Crippen molar-refractivity contribution in [3.8, 4) is 0 Å². The molecule has 0 amide bonds. The Morgan fingerprint density at radius 3 is 2.38 bits per heavy atom. The van der Waals surface area contributed by atoms with Gasteiger partial charge in [0.25, 0.3) is 0 Å². The first-order valence-electron chi connectivity index (χ1n) is 4.45. The van der Waals surface area contributed by atoms with Crippen molar-refractivity contribution in [3.05, 3.63) is 54.1 Å². The summed E-state index contributed by atoms with van der Waals surface area (Å²) in [6.07, 6.45) is 4.50. The van der Waals surface area contributed by atoms with Crippen LogP contribution >= 0.6 is 0 Å². The van der Waals surface area contributed by atoms with Crippen LogP contribution in [0.15, 0.2) is 42.7 Å². The van der Waals surface area contributed by atoms with Crippen LogP contribution in [0.4, 0.5) is 0 Å². The van der Waals surface area contributed by atoms with Gasteiger partial charge < -0.3 is 11.9 Å². The smallest absolute Gasteiger partial charge is 0.396 e. The fourth-order valence-corrected chi connectivity index (χ4v) is 1.18. The van der Waals surface area contributed by atoms with Gasteiger partial charge in [-0.25, -0.2) is 4.98 Å². The van der Waals surface area contributed by atoms with Gasteiger partial charge in [-0.05, 0) is 9.00 Å². The Labute approximate surface area is 102 Å². The number of imidazole rings is 1. The van der Waals surface area contributed by atoms with Gasteiger partial charge in [-0.3, -0.25) is 0 Å². The summed E-state index contributed by atoms with van der Waals surface area (Å²) in [7, 11) is 0. The van der Waals surface area contributed by atoms with Crippen LogP contribution in [0.3, 0.4) is 0 Å². The number of rotatable bonds is 2. The molecule has 0 bridgehead atoms. The summed E-state index contributed by atoms with van der Waals surface area (Å²) >= 11 is -3.76. The minimum absolute atomic E-state index is 0.883. The van der Waals surface area contributed by atoms with Crippen LogP contribution in [0.1, 0.15) is 11.4 Å². The molecule has 1 heterocycles. The van der Waals surface area contributed by atoms with Gasteiger partial charge in [0.15, 0.2) is 0 Å². The normalized spacial score (nSPS) is 9.75. The number of benzene rings is 1. The average Bonchev–Trinajstić information content (AvgIpc) is 2.71. The predicted molar refractivity (Wildman–Crippen MR) is 50.1 cm³/mol. The quantitative estimate of drug-likeness (QED) is 0.549. The van der Waals surface area contributed by atoms with Crippen molar-refractivity contribution in [2.75, 3.05) is 0 Å². The number of nitrogens with one attached hydrogen (secondary N) is 1. The first kappa shape index (κ1) is 13.1. The standard InChI is InChI=1S/C10H10N2.HIO3/c1-2-4-9(5-3-1)8-10-11-6-7-12-10;2-1(3)4/h1-7H,8H2,(H,11,12);2H. The highest BCUT2D eigenvalue weighted by atomic mass is 127. The van der Waals surface area contributed by atoms with Crippen molar-refractivity contribution in [2.24, 2.45) is 0 Å². The lowest BCUT2D eigenvalue weighted by Gasteiger charge is -1.95. The van der Waals surface area contributed by atoms with Gasteiger partial charge in [0.1, 0.15) is 5.82 Å². The molecule has 0 radical (unpaired) electrons. The molecule has 0 aliphatic heterocycles. The monoisotopic (exact) mass is 334 g/mol. The Kier molecular flexibility index (Phi) is 6.01. The molecular weight excluding hydrogens is 323 g/mol. The molecule has 0 aliphatic carbocycles. The van der Waals surface area contributed by atoms with Crippen LogP contribution in [0, 0.1) is 0 Å². The fourth-order valence-electron chi connectivity index (χ4n) is 1.18. The van der Waals surface area contributed by atoms with E-state index in [-0.39, 0.29) is 0 Å². The van der Waals surface area contributed by atoms with Crippen LogP contribution in [0.25, 0.3) is 0 Å². The third-order valence-electron chi connectivity index (χ3n) is 1.77. The molecule has 2 N–H and O–H groups in total. The van der Waals surface area contributed by atoms with Crippen LogP contribution in [0.2, 0.25) is 0 Å². The van der Waals surface area contributed by atoms with E-state index in [1.165, 1.54) is 5.56 Å². The maximum atomic E-state index is 8.68. The minimum Gasteiger partial charge on any atom is -0.396 e. The second-order valence-corrected chi connectivity index (χ2v) is 4.05. The SMILES string of the molecule is [O-][I+2]([O-])O.c1ccc(Cc2ncc[nH]2)cc1. The molecule has 1 aromatic carbocycles. The Morgan fingerprint density at radius 2 is 1.88 bits per heavy atom. The van der Waals surface area contributed by atoms with Crippen LogP contribution in [0.5, 0.6) is 0 Å². The van der Waals surface area contributed by atoms with E-state index in [2.05, 4.69) is 22.1 Å². The van der Waals surface area contributed by atoms with E-state index in [9.17, 15) is 0 Å². The van der Waals surface area contributed by atoms with E-state index in [4.69, 9.17) is 10.3 Å².